The van der Waals surface area contributed by atoms with Gasteiger partial charge in [-0.1, -0.05) is 12.1 Å². The summed E-state index contributed by atoms with van der Waals surface area (Å²) in [5.41, 5.74) is 0.731. The van der Waals surface area contributed by atoms with Crippen molar-refractivity contribution in [2.24, 2.45) is 0 Å². The number of nitro benzene ring substituents is 1. The van der Waals surface area contributed by atoms with Gasteiger partial charge >= 0.3 is 0 Å². The van der Waals surface area contributed by atoms with Crippen molar-refractivity contribution < 1.29 is 9.72 Å². The summed E-state index contributed by atoms with van der Waals surface area (Å²) < 4.78 is 0. The predicted octanol–water partition coefficient (Wildman–Crippen LogP) is 1.73. The van der Waals surface area contributed by atoms with Gasteiger partial charge in [0.1, 0.15) is 5.56 Å². The topological polar surface area (TPSA) is 75.5 Å². The van der Waals surface area contributed by atoms with Crippen LogP contribution in [0, 0.1) is 17.0 Å². The first-order valence-electron chi connectivity index (χ1n) is 6.70. The maximum atomic E-state index is 12.7. The zero-order chi connectivity index (χ0) is 14.9. The van der Waals surface area contributed by atoms with Crippen LogP contribution >= 0.6 is 0 Å². The van der Waals surface area contributed by atoms with Crippen molar-refractivity contribution in [1.29, 1.82) is 0 Å². The van der Waals surface area contributed by atoms with E-state index < -0.39 is 4.92 Å². The van der Waals surface area contributed by atoms with Crippen LogP contribution < -0.4 is 5.32 Å². The molecule has 1 aliphatic rings. The van der Waals surface area contributed by atoms with Crippen LogP contribution in [0.3, 0.4) is 0 Å². The Bertz CT molecular complexity index is 544. The van der Waals surface area contributed by atoms with E-state index in [1.165, 1.54) is 6.07 Å². The molecule has 0 aliphatic carbocycles. The number of carbonyl (C=O) groups excluding carboxylic acids is 1. The molecule has 0 aromatic heterocycles. The van der Waals surface area contributed by atoms with Gasteiger partial charge < -0.3 is 10.2 Å². The number of nitrogens with zero attached hydrogens (tertiary/aromatic N) is 2. The number of rotatable bonds is 2. The number of nitro groups is 1. The molecule has 2 unspecified atom stereocenters. The van der Waals surface area contributed by atoms with Gasteiger partial charge in [0.25, 0.3) is 11.6 Å². The van der Waals surface area contributed by atoms with E-state index in [-0.39, 0.29) is 29.2 Å². The van der Waals surface area contributed by atoms with E-state index in [1.54, 1.807) is 24.0 Å². The lowest BCUT2D eigenvalue weighted by atomic mass is 10.0. The van der Waals surface area contributed by atoms with E-state index in [9.17, 15) is 14.9 Å². The zero-order valence-corrected chi connectivity index (χ0v) is 11.9. The van der Waals surface area contributed by atoms with Gasteiger partial charge in [0.15, 0.2) is 0 Å². The summed E-state index contributed by atoms with van der Waals surface area (Å²) in [5.74, 6) is -0.254. The Kier molecular flexibility index (Phi) is 4.04. The van der Waals surface area contributed by atoms with Gasteiger partial charge in [-0.3, -0.25) is 14.9 Å². The van der Waals surface area contributed by atoms with E-state index in [0.29, 0.717) is 18.7 Å². The smallest absolute Gasteiger partial charge is 0.282 e. The van der Waals surface area contributed by atoms with Crippen LogP contribution in [0.4, 0.5) is 5.69 Å². The largest absolute Gasteiger partial charge is 0.333 e. The molecule has 1 aromatic carbocycles. The first-order valence-corrected chi connectivity index (χ1v) is 6.70. The second-order valence-electron chi connectivity index (χ2n) is 5.34. The lowest BCUT2D eigenvalue weighted by Gasteiger charge is -2.37. The highest BCUT2D eigenvalue weighted by Crippen LogP contribution is 2.25. The van der Waals surface area contributed by atoms with Gasteiger partial charge in [-0.25, -0.2) is 0 Å². The molecule has 6 nitrogen and oxygen atoms in total. The fourth-order valence-electron chi connectivity index (χ4n) is 2.53. The number of amides is 1. The predicted molar refractivity (Wildman–Crippen MR) is 75.8 cm³/mol. The van der Waals surface area contributed by atoms with Crippen LogP contribution in [0.2, 0.25) is 0 Å². The Morgan fingerprint density at radius 2 is 2.15 bits per heavy atom. The number of hydrogen-bond acceptors (Lipinski definition) is 4. The van der Waals surface area contributed by atoms with Crippen LogP contribution in [-0.2, 0) is 0 Å². The fourth-order valence-corrected chi connectivity index (χ4v) is 2.53. The molecule has 1 fully saturated rings. The first kappa shape index (κ1) is 14.5. The molecule has 0 spiro atoms. The molecular formula is C14H19N3O3. The van der Waals surface area contributed by atoms with Crippen molar-refractivity contribution in [3.8, 4) is 0 Å². The Morgan fingerprint density at radius 1 is 1.45 bits per heavy atom. The van der Waals surface area contributed by atoms with E-state index in [1.807, 2.05) is 13.8 Å². The highest BCUT2D eigenvalue weighted by molar-refractivity contribution is 5.99. The standard InChI is InChI=1S/C14H19N3O3/c1-9-5-4-6-12(17(19)20)13(9)14(18)16-8-10(2)15-7-11(16)3/h4-6,10-11,15H,7-8H2,1-3H3. The van der Waals surface area contributed by atoms with Crippen molar-refractivity contribution in [3.05, 3.63) is 39.4 Å². The summed E-state index contributed by atoms with van der Waals surface area (Å²) in [5, 5.41) is 14.4. The lowest BCUT2D eigenvalue weighted by molar-refractivity contribution is -0.385. The van der Waals surface area contributed by atoms with E-state index in [2.05, 4.69) is 5.32 Å². The van der Waals surface area contributed by atoms with Crippen molar-refractivity contribution in [2.75, 3.05) is 13.1 Å². The lowest BCUT2D eigenvalue weighted by Crippen LogP contribution is -2.56. The van der Waals surface area contributed by atoms with Crippen molar-refractivity contribution in [2.45, 2.75) is 32.9 Å². The Balaban J connectivity index is 2.40. The quantitative estimate of drug-likeness (QED) is 0.659. The minimum Gasteiger partial charge on any atom is -0.333 e. The monoisotopic (exact) mass is 277 g/mol. The highest BCUT2D eigenvalue weighted by atomic mass is 16.6. The molecule has 0 radical (unpaired) electrons. The Morgan fingerprint density at radius 3 is 2.80 bits per heavy atom. The minimum atomic E-state index is -0.490. The molecule has 0 saturated carbocycles. The van der Waals surface area contributed by atoms with Crippen LogP contribution in [0.5, 0.6) is 0 Å². The van der Waals surface area contributed by atoms with Gasteiger partial charge in [0.05, 0.1) is 4.92 Å². The average Bonchev–Trinajstić information content (AvgIpc) is 2.40. The van der Waals surface area contributed by atoms with Crippen molar-refractivity contribution >= 4 is 11.6 Å². The van der Waals surface area contributed by atoms with E-state index in [0.717, 1.165) is 0 Å². The second-order valence-corrected chi connectivity index (χ2v) is 5.34. The van der Waals surface area contributed by atoms with Gasteiger partial charge in [0.2, 0.25) is 0 Å². The summed E-state index contributed by atoms with van der Waals surface area (Å²) in [7, 11) is 0. The van der Waals surface area contributed by atoms with Crippen LogP contribution in [0.1, 0.15) is 29.8 Å². The van der Waals surface area contributed by atoms with Gasteiger partial charge in [0, 0.05) is 31.2 Å². The Labute approximate surface area is 117 Å². The molecule has 1 saturated heterocycles. The Hall–Kier alpha value is -1.95. The molecule has 20 heavy (non-hydrogen) atoms. The minimum absolute atomic E-state index is 0.0258. The SMILES string of the molecule is Cc1cccc([N+](=O)[O-])c1C(=O)N1CC(C)NCC1C. The summed E-state index contributed by atoms with van der Waals surface area (Å²) >= 11 is 0. The first-order chi connectivity index (χ1) is 9.41. The number of carbonyl (C=O) groups is 1. The third-order valence-electron chi connectivity index (χ3n) is 3.69. The average molecular weight is 277 g/mol. The third-order valence-corrected chi connectivity index (χ3v) is 3.69. The molecule has 1 aliphatic heterocycles. The summed E-state index contributed by atoms with van der Waals surface area (Å²) in [6, 6.07) is 4.94. The molecule has 6 heteroatoms. The molecular weight excluding hydrogens is 258 g/mol. The van der Waals surface area contributed by atoms with Crippen molar-refractivity contribution in [3.63, 3.8) is 0 Å². The van der Waals surface area contributed by atoms with Gasteiger partial charge in [-0.05, 0) is 26.3 Å². The summed E-state index contributed by atoms with van der Waals surface area (Å²) in [4.78, 5) is 25.1. The van der Waals surface area contributed by atoms with Crippen LogP contribution in [0.25, 0.3) is 0 Å². The molecule has 0 bridgehead atoms. The van der Waals surface area contributed by atoms with Crippen LogP contribution in [0.15, 0.2) is 18.2 Å². The third kappa shape index (κ3) is 2.65. The number of aryl methyl sites for hydroxylation is 1. The number of benzene rings is 1. The van der Waals surface area contributed by atoms with E-state index in [4.69, 9.17) is 0 Å². The summed E-state index contributed by atoms with van der Waals surface area (Å²) in [6.07, 6.45) is 0. The molecule has 1 N–H and O–H groups in total. The molecule has 2 rings (SSSR count). The number of nitrogens with one attached hydrogen (secondary N) is 1. The van der Waals surface area contributed by atoms with E-state index >= 15 is 0 Å². The summed E-state index contributed by atoms with van der Waals surface area (Å²) in [6.45, 7) is 6.94. The zero-order valence-electron chi connectivity index (χ0n) is 11.9. The molecule has 1 aromatic rings. The van der Waals surface area contributed by atoms with Crippen molar-refractivity contribution in [1.82, 2.24) is 10.2 Å². The molecule has 1 amide bonds. The maximum absolute atomic E-state index is 12.7. The van der Waals surface area contributed by atoms with Gasteiger partial charge in [-0.2, -0.15) is 0 Å². The maximum Gasteiger partial charge on any atom is 0.282 e. The fraction of sp³-hybridized carbons (Fsp3) is 0.500. The highest BCUT2D eigenvalue weighted by Gasteiger charge is 2.32. The number of hydrogen-bond donors (Lipinski definition) is 1. The van der Waals surface area contributed by atoms with Gasteiger partial charge in [-0.15, -0.1) is 0 Å². The number of piperazine rings is 1. The molecule has 108 valence electrons. The molecule has 2 atom stereocenters. The van der Waals surface area contributed by atoms with Crippen LogP contribution in [-0.4, -0.2) is 40.9 Å². The normalized spacial score (nSPS) is 22.6. The second kappa shape index (κ2) is 5.58. The molecule has 1 heterocycles.